The molecule has 5 nitrogen and oxygen atoms in total. The molecule has 0 bridgehead atoms. The number of hydrogen-bond acceptors (Lipinski definition) is 4. The molecule has 1 saturated carbocycles. The summed E-state index contributed by atoms with van der Waals surface area (Å²) in [5, 5.41) is 17.1. The zero-order valence-corrected chi connectivity index (χ0v) is 9.82. The summed E-state index contributed by atoms with van der Waals surface area (Å²) in [6.07, 6.45) is 6.85. The quantitative estimate of drug-likeness (QED) is 0.794. The van der Waals surface area contributed by atoms with E-state index in [4.69, 9.17) is 5.11 Å². The first-order chi connectivity index (χ1) is 7.75. The Morgan fingerprint density at radius 2 is 2.31 bits per heavy atom. The van der Waals surface area contributed by atoms with E-state index in [2.05, 4.69) is 10.2 Å². The van der Waals surface area contributed by atoms with Crippen LogP contribution >= 0.6 is 11.8 Å². The van der Waals surface area contributed by atoms with Crippen molar-refractivity contribution in [2.45, 2.75) is 37.4 Å². The molecule has 0 aromatic carbocycles. The summed E-state index contributed by atoms with van der Waals surface area (Å²) in [4.78, 5) is 10.5. The summed E-state index contributed by atoms with van der Waals surface area (Å²) < 4.78 is 1.98. The van der Waals surface area contributed by atoms with Crippen LogP contribution in [0.5, 0.6) is 0 Å². The Labute approximate surface area is 98.3 Å². The molecular formula is C10H15N3O2S. The van der Waals surface area contributed by atoms with Gasteiger partial charge in [0, 0.05) is 6.54 Å². The molecule has 0 aliphatic heterocycles. The molecule has 1 aliphatic carbocycles. The van der Waals surface area contributed by atoms with Crippen LogP contribution in [0.1, 0.15) is 25.7 Å². The number of thioether (sulfide) groups is 1. The molecule has 16 heavy (non-hydrogen) atoms. The van der Waals surface area contributed by atoms with Crippen molar-refractivity contribution in [3.8, 4) is 0 Å². The number of hydrogen-bond donors (Lipinski definition) is 1. The third-order valence-corrected chi connectivity index (χ3v) is 3.80. The SMILES string of the molecule is O=C(O)CSc1nncn1CC1CCCC1. The number of carbonyl (C=O) groups is 1. The summed E-state index contributed by atoms with van der Waals surface area (Å²) in [5.74, 6) is -0.0656. The van der Waals surface area contributed by atoms with E-state index >= 15 is 0 Å². The maximum absolute atomic E-state index is 10.5. The van der Waals surface area contributed by atoms with Gasteiger partial charge in [-0.2, -0.15) is 0 Å². The first-order valence-corrected chi connectivity index (χ1v) is 6.46. The predicted molar refractivity (Wildman–Crippen MR) is 60.3 cm³/mol. The summed E-state index contributed by atoms with van der Waals surface area (Å²) >= 11 is 1.23. The number of nitrogens with zero attached hydrogens (tertiary/aromatic N) is 3. The van der Waals surface area contributed by atoms with Crippen molar-refractivity contribution >= 4 is 17.7 Å². The second kappa shape index (κ2) is 5.34. The fraction of sp³-hybridized carbons (Fsp3) is 0.700. The Bertz CT molecular complexity index is 361. The molecular weight excluding hydrogens is 226 g/mol. The van der Waals surface area contributed by atoms with Crippen LogP contribution in [-0.2, 0) is 11.3 Å². The Balaban J connectivity index is 1.92. The lowest BCUT2D eigenvalue weighted by Crippen LogP contribution is -2.08. The second-order valence-corrected chi connectivity index (χ2v) is 5.04. The first kappa shape index (κ1) is 11.4. The van der Waals surface area contributed by atoms with Crippen molar-refractivity contribution in [2.24, 2.45) is 5.92 Å². The van der Waals surface area contributed by atoms with Crippen LogP contribution in [0.15, 0.2) is 11.5 Å². The lowest BCUT2D eigenvalue weighted by Gasteiger charge is -2.10. The van der Waals surface area contributed by atoms with Gasteiger partial charge in [0.2, 0.25) is 0 Å². The number of carboxylic acid groups (broad SMARTS) is 1. The zero-order chi connectivity index (χ0) is 11.4. The Morgan fingerprint density at radius 3 is 3.00 bits per heavy atom. The molecule has 0 unspecified atom stereocenters. The highest BCUT2D eigenvalue weighted by molar-refractivity contribution is 7.99. The maximum Gasteiger partial charge on any atom is 0.313 e. The summed E-state index contributed by atoms with van der Waals surface area (Å²) in [7, 11) is 0. The lowest BCUT2D eigenvalue weighted by atomic mass is 10.1. The van der Waals surface area contributed by atoms with Gasteiger partial charge in [-0.3, -0.25) is 4.79 Å². The minimum Gasteiger partial charge on any atom is -0.481 e. The van der Waals surface area contributed by atoms with E-state index in [1.54, 1.807) is 6.33 Å². The highest BCUT2D eigenvalue weighted by Crippen LogP contribution is 2.27. The molecule has 1 aliphatic rings. The maximum atomic E-state index is 10.5. The highest BCUT2D eigenvalue weighted by atomic mass is 32.2. The fourth-order valence-electron chi connectivity index (χ4n) is 2.08. The van der Waals surface area contributed by atoms with Crippen molar-refractivity contribution in [2.75, 3.05) is 5.75 Å². The third-order valence-electron chi connectivity index (χ3n) is 2.83. The smallest absolute Gasteiger partial charge is 0.313 e. The van der Waals surface area contributed by atoms with Gasteiger partial charge in [0.25, 0.3) is 0 Å². The van der Waals surface area contributed by atoms with Crippen LogP contribution in [0.25, 0.3) is 0 Å². The fourth-order valence-corrected chi connectivity index (χ4v) is 2.72. The van der Waals surface area contributed by atoms with Crippen molar-refractivity contribution in [3.63, 3.8) is 0 Å². The first-order valence-electron chi connectivity index (χ1n) is 5.48. The Kier molecular flexibility index (Phi) is 3.82. The Morgan fingerprint density at radius 1 is 1.56 bits per heavy atom. The number of carboxylic acids is 1. The summed E-state index contributed by atoms with van der Waals surface area (Å²) in [6.45, 7) is 0.926. The minimum atomic E-state index is -0.819. The van der Waals surface area contributed by atoms with Gasteiger partial charge in [0.15, 0.2) is 5.16 Å². The van der Waals surface area contributed by atoms with E-state index in [1.807, 2.05) is 4.57 Å². The van der Waals surface area contributed by atoms with Crippen LogP contribution in [-0.4, -0.2) is 31.6 Å². The monoisotopic (exact) mass is 241 g/mol. The topological polar surface area (TPSA) is 68.0 Å². The standard InChI is InChI=1S/C10H15N3O2S/c14-9(15)6-16-10-12-11-7-13(10)5-8-3-1-2-4-8/h7-8H,1-6H2,(H,14,15). The van der Waals surface area contributed by atoms with Gasteiger partial charge in [-0.25, -0.2) is 0 Å². The number of rotatable bonds is 5. The van der Waals surface area contributed by atoms with Crippen LogP contribution in [0.4, 0.5) is 0 Å². The zero-order valence-electron chi connectivity index (χ0n) is 9.00. The van der Waals surface area contributed by atoms with E-state index in [1.165, 1.54) is 37.4 Å². The predicted octanol–water partition coefficient (Wildman–Crippen LogP) is 1.65. The summed E-state index contributed by atoms with van der Waals surface area (Å²) in [5.41, 5.74) is 0. The number of aromatic nitrogens is 3. The molecule has 0 radical (unpaired) electrons. The Hall–Kier alpha value is -1.04. The van der Waals surface area contributed by atoms with Crippen molar-refractivity contribution in [1.29, 1.82) is 0 Å². The van der Waals surface area contributed by atoms with Gasteiger partial charge in [-0.1, -0.05) is 24.6 Å². The van der Waals surface area contributed by atoms with Crippen LogP contribution in [0, 0.1) is 5.92 Å². The van der Waals surface area contributed by atoms with Gasteiger partial charge in [-0.05, 0) is 18.8 Å². The molecule has 0 amide bonds. The van der Waals surface area contributed by atoms with Gasteiger partial charge in [-0.15, -0.1) is 10.2 Å². The van der Waals surface area contributed by atoms with E-state index < -0.39 is 5.97 Å². The van der Waals surface area contributed by atoms with Gasteiger partial charge >= 0.3 is 5.97 Å². The van der Waals surface area contributed by atoms with E-state index in [9.17, 15) is 4.79 Å². The summed E-state index contributed by atoms with van der Waals surface area (Å²) in [6, 6.07) is 0. The molecule has 0 atom stereocenters. The molecule has 1 aromatic heterocycles. The molecule has 2 rings (SSSR count). The minimum absolute atomic E-state index is 0.0450. The molecule has 1 N–H and O–H groups in total. The van der Waals surface area contributed by atoms with E-state index in [0.717, 1.165) is 6.54 Å². The molecule has 88 valence electrons. The van der Waals surface area contributed by atoms with E-state index in [0.29, 0.717) is 11.1 Å². The molecule has 0 saturated heterocycles. The van der Waals surface area contributed by atoms with Crippen molar-refractivity contribution < 1.29 is 9.90 Å². The average molecular weight is 241 g/mol. The normalized spacial score (nSPS) is 16.8. The van der Waals surface area contributed by atoms with E-state index in [-0.39, 0.29) is 5.75 Å². The molecule has 1 fully saturated rings. The van der Waals surface area contributed by atoms with Crippen molar-refractivity contribution in [1.82, 2.24) is 14.8 Å². The van der Waals surface area contributed by atoms with Gasteiger partial charge in [0.1, 0.15) is 6.33 Å². The van der Waals surface area contributed by atoms with Gasteiger partial charge in [0.05, 0.1) is 5.75 Å². The van der Waals surface area contributed by atoms with Crippen LogP contribution < -0.4 is 0 Å². The van der Waals surface area contributed by atoms with Gasteiger partial charge < -0.3 is 9.67 Å². The lowest BCUT2D eigenvalue weighted by molar-refractivity contribution is -0.133. The largest absolute Gasteiger partial charge is 0.481 e. The average Bonchev–Trinajstić information content (AvgIpc) is 2.87. The highest BCUT2D eigenvalue weighted by Gasteiger charge is 2.17. The molecule has 1 aromatic rings. The molecule has 6 heteroatoms. The van der Waals surface area contributed by atoms with Crippen LogP contribution in [0.3, 0.4) is 0 Å². The second-order valence-electron chi connectivity index (χ2n) is 4.10. The van der Waals surface area contributed by atoms with Crippen LogP contribution in [0.2, 0.25) is 0 Å². The van der Waals surface area contributed by atoms with Crippen molar-refractivity contribution in [3.05, 3.63) is 6.33 Å². The molecule has 0 spiro atoms. The molecule has 1 heterocycles. The number of aliphatic carboxylic acids is 1. The third kappa shape index (κ3) is 2.98.